The summed E-state index contributed by atoms with van der Waals surface area (Å²) in [5, 5.41) is 3.54. The van der Waals surface area contributed by atoms with Crippen LogP contribution in [-0.4, -0.2) is 26.0 Å². The van der Waals surface area contributed by atoms with Crippen molar-refractivity contribution < 1.29 is 0 Å². The molecule has 0 spiro atoms. The standard InChI is InChI=1S/C16H19ClN6S/c1-3-10(18)6-12-9(2)13-14(24-12)15(23-16(17)22-13)20-7-11-4-5-19-8-21-11/h4-5,8,10H,3,6-7,18H2,1-2H3,(H,20,22,23)/t10-/m0/s1. The lowest BCUT2D eigenvalue weighted by atomic mass is 10.1. The Morgan fingerprint density at radius 2 is 2.21 bits per heavy atom. The molecule has 0 unspecified atom stereocenters. The summed E-state index contributed by atoms with van der Waals surface area (Å²) in [5.41, 5.74) is 9.02. The second-order valence-corrected chi connectivity index (χ2v) is 7.04. The Bertz CT molecular complexity index is 835. The van der Waals surface area contributed by atoms with Gasteiger partial charge in [-0.1, -0.05) is 6.92 Å². The van der Waals surface area contributed by atoms with Crippen LogP contribution in [0, 0.1) is 6.92 Å². The number of nitrogens with zero attached hydrogens (tertiary/aromatic N) is 4. The normalized spacial score (nSPS) is 12.5. The lowest BCUT2D eigenvalue weighted by Gasteiger charge is -2.06. The average Bonchev–Trinajstić information content (AvgIpc) is 2.90. The Morgan fingerprint density at radius 3 is 2.92 bits per heavy atom. The van der Waals surface area contributed by atoms with Gasteiger partial charge in [-0.2, -0.15) is 4.98 Å². The summed E-state index contributed by atoms with van der Waals surface area (Å²) in [5.74, 6) is 0.730. The molecule has 0 aliphatic carbocycles. The van der Waals surface area contributed by atoms with Crippen molar-refractivity contribution in [3.8, 4) is 0 Å². The number of aryl methyl sites for hydroxylation is 1. The minimum Gasteiger partial charge on any atom is -0.363 e. The number of hydrogen-bond donors (Lipinski definition) is 2. The SMILES string of the molecule is CC[C@H](N)Cc1sc2c(NCc3ccncn3)nc(Cl)nc2c1C. The molecule has 3 heterocycles. The van der Waals surface area contributed by atoms with E-state index in [0.717, 1.165) is 40.1 Å². The lowest BCUT2D eigenvalue weighted by molar-refractivity contribution is 0.650. The van der Waals surface area contributed by atoms with Gasteiger partial charge in [0, 0.05) is 17.1 Å². The van der Waals surface area contributed by atoms with Crippen LogP contribution in [0.2, 0.25) is 5.28 Å². The molecule has 0 aromatic carbocycles. The van der Waals surface area contributed by atoms with E-state index >= 15 is 0 Å². The predicted molar refractivity (Wildman–Crippen MR) is 98.5 cm³/mol. The third-order valence-corrected chi connectivity index (χ3v) is 5.37. The Balaban J connectivity index is 1.93. The molecule has 3 N–H and O–H groups in total. The Morgan fingerprint density at radius 1 is 1.38 bits per heavy atom. The number of thiophene rings is 1. The second kappa shape index (κ2) is 7.38. The van der Waals surface area contributed by atoms with E-state index in [2.05, 4.69) is 39.1 Å². The van der Waals surface area contributed by atoms with Gasteiger partial charge in [0.2, 0.25) is 5.28 Å². The van der Waals surface area contributed by atoms with Crippen LogP contribution in [-0.2, 0) is 13.0 Å². The summed E-state index contributed by atoms with van der Waals surface area (Å²) in [6.45, 7) is 4.71. The largest absolute Gasteiger partial charge is 0.363 e. The minimum absolute atomic E-state index is 0.151. The van der Waals surface area contributed by atoms with Crippen molar-refractivity contribution in [1.82, 2.24) is 19.9 Å². The number of rotatable bonds is 6. The molecule has 0 aliphatic rings. The van der Waals surface area contributed by atoms with Crippen LogP contribution in [0.25, 0.3) is 10.2 Å². The fourth-order valence-corrected chi connectivity index (χ4v) is 3.87. The maximum atomic E-state index is 6.11. The fourth-order valence-electron chi connectivity index (χ4n) is 2.40. The van der Waals surface area contributed by atoms with Gasteiger partial charge in [-0.3, -0.25) is 0 Å². The van der Waals surface area contributed by atoms with Crippen LogP contribution in [0.1, 0.15) is 29.5 Å². The highest BCUT2D eigenvalue weighted by Crippen LogP contribution is 2.35. The van der Waals surface area contributed by atoms with Gasteiger partial charge in [-0.05, 0) is 43.0 Å². The molecule has 0 bridgehead atoms. The van der Waals surface area contributed by atoms with Gasteiger partial charge in [0.05, 0.1) is 22.5 Å². The zero-order valence-corrected chi connectivity index (χ0v) is 15.2. The van der Waals surface area contributed by atoms with E-state index in [9.17, 15) is 0 Å². The van der Waals surface area contributed by atoms with E-state index in [-0.39, 0.29) is 11.3 Å². The first kappa shape index (κ1) is 17.0. The number of fused-ring (bicyclic) bond motifs is 1. The number of aromatic nitrogens is 4. The highest BCUT2D eigenvalue weighted by molar-refractivity contribution is 7.19. The highest BCUT2D eigenvalue weighted by atomic mass is 35.5. The molecule has 1 atom stereocenters. The van der Waals surface area contributed by atoms with Crippen LogP contribution < -0.4 is 11.1 Å². The van der Waals surface area contributed by atoms with Crippen molar-refractivity contribution in [3.05, 3.63) is 40.0 Å². The lowest BCUT2D eigenvalue weighted by Crippen LogP contribution is -2.21. The molecule has 3 rings (SSSR count). The minimum atomic E-state index is 0.151. The van der Waals surface area contributed by atoms with Crippen LogP contribution >= 0.6 is 22.9 Å². The monoisotopic (exact) mass is 362 g/mol. The molecule has 6 nitrogen and oxygen atoms in total. The molecular weight excluding hydrogens is 344 g/mol. The van der Waals surface area contributed by atoms with Crippen LogP contribution in [0.15, 0.2) is 18.6 Å². The Hall–Kier alpha value is -1.83. The Kier molecular flexibility index (Phi) is 5.23. The fraction of sp³-hybridized carbons (Fsp3) is 0.375. The first-order valence-corrected chi connectivity index (χ1v) is 8.97. The maximum Gasteiger partial charge on any atom is 0.224 e. The van der Waals surface area contributed by atoms with Crippen molar-refractivity contribution in [3.63, 3.8) is 0 Å². The molecule has 0 saturated carbocycles. The molecule has 0 amide bonds. The van der Waals surface area contributed by atoms with Crippen LogP contribution in [0.3, 0.4) is 0 Å². The highest BCUT2D eigenvalue weighted by Gasteiger charge is 2.17. The van der Waals surface area contributed by atoms with E-state index in [1.807, 2.05) is 6.07 Å². The van der Waals surface area contributed by atoms with Crippen LogP contribution in [0.5, 0.6) is 0 Å². The van der Waals surface area contributed by atoms with Crippen molar-refractivity contribution in [2.45, 2.75) is 39.3 Å². The molecule has 8 heteroatoms. The summed E-state index contributed by atoms with van der Waals surface area (Å²) in [4.78, 5) is 18.1. The quantitative estimate of drug-likeness (QED) is 0.654. The first-order chi connectivity index (χ1) is 11.6. The summed E-state index contributed by atoms with van der Waals surface area (Å²) in [7, 11) is 0. The van der Waals surface area contributed by atoms with Gasteiger partial charge in [-0.25, -0.2) is 15.0 Å². The molecule has 3 aromatic rings. The molecule has 3 aromatic heterocycles. The maximum absolute atomic E-state index is 6.11. The third kappa shape index (κ3) is 3.63. The van der Waals surface area contributed by atoms with Gasteiger partial charge in [0.25, 0.3) is 0 Å². The van der Waals surface area contributed by atoms with E-state index in [1.54, 1.807) is 17.5 Å². The average molecular weight is 363 g/mol. The summed E-state index contributed by atoms with van der Waals surface area (Å²) < 4.78 is 1.00. The number of nitrogens with one attached hydrogen (secondary N) is 1. The Labute approximate surface area is 149 Å². The van der Waals surface area contributed by atoms with E-state index in [4.69, 9.17) is 17.3 Å². The summed E-state index contributed by atoms with van der Waals surface area (Å²) >= 11 is 7.79. The molecule has 126 valence electrons. The number of halogens is 1. The second-order valence-electron chi connectivity index (χ2n) is 5.60. The predicted octanol–water partition coefficient (Wildman–Crippen LogP) is 3.34. The number of anilines is 1. The summed E-state index contributed by atoms with van der Waals surface area (Å²) in [6, 6.07) is 2.01. The van der Waals surface area contributed by atoms with Gasteiger partial charge in [0.1, 0.15) is 12.1 Å². The van der Waals surface area contributed by atoms with E-state index in [1.165, 1.54) is 11.2 Å². The molecule has 0 radical (unpaired) electrons. The number of hydrogen-bond acceptors (Lipinski definition) is 7. The zero-order chi connectivity index (χ0) is 17.1. The van der Waals surface area contributed by atoms with Gasteiger partial charge >= 0.3 is 0 Å². The van der Waals surface area contributed by atoms with Gasteiger partial charge in [0.15, 0.2) is 0 Å². The molecule has 24 heavy (non-hydrogen) atoms. The van der Waals surface area contributed by atoms with Crippen molar-refractivity contribution in [2.24, 2.45) is 5.73 Å². The van der Waals surface area contributed by atoms with E-state index < -0.39 is 0 Å². The summed E-state index contributed by atoms with van der Waals surface area (Å²) in [6.07, 6.45) is 5.02. The topological polar surface area (TPSA) is 89.6 Å². The van der Waals surface area contributed by atoms with Crippen molar-refractivity contribution >= 4 is 39.0 Å². The van der Waals surface area contributed by atoms with E-state index in [0.29, 0.717) is 6.54 Å². The third-order valence-electron chi connectivity index (χ3n) is 3.89. The van der Waals surface area contributed by atoms with Crippen molar-refractivity contribution in [2.75, 3.05) is 5.32 Å². The van der Waals surface area contributed by atoms with Gasteiger partial charge in [-0.15, -0.1) is 11.3 Å². The van der Waals surface area contributed by atoms with Gasteiger partial charge < -0.3 is 11.1 Å². The van der Waals surface area contributed by atoms with Crippen LogP contribution in [0.4, 0.5) is 5.82 Å². The molecular formula is C16H19ClN6S. The number of nitrogens with two attached hydrogens (primary N) is 1. The molecule has 0 aliphatic heterocycles. The zero-order valence-electron chi connectivity index (χ0n) is 13.6. The smallest absolute Gasteiger partial charge is 0.224 e. The molecule has 0 fully saturated rings. The first-order valence-electron chi connectivity index (χ1n) is 7.78. The molecule has 0 saturated heterocycles. The van der Waals surface area contributed by atoms with Crippen molar-refractivity contribution in [1.29, 1.82) is 0 Å².